The van der Waals surface area contributed by atoms with Crippen molar-refractivity contribution >= 4 is 8.32 Å². The van der Waals surface area contributed by atoms with E-state index in [2.05, 4.69) is 54.7 Å². The lowest BCUT2D eigenvalue weighted by Crippen LogP contribution is -2.48. The summed E-state index contributed by atoms with van der Waals surface area (Å²) in [6.07, 6.45) is 5.30. The van der Waals surface area contributed by atoms with Gasteiger partial charge in [-0.25, -0.2) is 0 Å². The van der Waals surface area contributed by atoms with Gasteiger partial charge >= 0.3 is 0 Å². The molecule has 0 aromatic rings. The van der Waals surface area contributed by atoms with Crippen LogP contribution in [0.1, 0.15) is 54.4 Å². The van der Waals surface area contributed by atoms with Crippen LogP contribution in [0.15, 0.2) is 25.5 Å². The molecule has 2 nitrogen and oxygen atoms in total. The van der Waals surface area contributed by atoms with E-state index in [1.807, 2.05) is 6.08 Å². The Kier molecular flexibility index (Phi) is 9.15. The number of ether oxygens (including phenoxy) is 1. The van der Waals surface area contributed by atoms with Crippen LogP contribution >= 0.6 is 0 Å². The molecule has 0 aliphatic heterocycles. The summed E-state index contributed by atoms with van der Waals surface area (Å²) in [6, 6.07) is 0. The maximum atomic E-state index is 6.53. The smallest absolute Gasteiger partial charge is 0.200 e. The molecule has 0 heterocycles. The Morgan fingerprint density at radius 2 is 1.45 bits per heavy atom. The molecule has 0 bridgehead atoms. The normalized spacial score (nSPS) is 13.8. The standard InChI is InChI=1S/C17H34O2Si/c1-9-11-17(18-10-2)12-13-19-20(14(3)4,15(5)6)16(7)8/h9-10,14-17H,1-2,11-13H2,3-8H3. The molecule has 118 valence electrons. The van der Waals surface area contributed by atoms with Gasteiger partial charge < -0.3 is 9.16 Å². The summed E-state index contributed by atoms with van der Waals surface area (Å²) >= 11 is 0. The highest BCUT2D eigenvalue weighted by Gasteiger charge is 2.44. The first kappa shape index (κ1) is 19.5. The minimum atomic E-state index is -1.75. The molecule has 0 aliphatic carbocycles. The maximum absolute atomic E-state index is 6.53. The fraction of sp³-hybridized carbons (Fsp3) is 0.765. The average molecular weight is 299 g/mol. The molecule has 0 saturated heterocycles. The first-order chi connectivity index (χ1) is 9.32. The monoisotopic (exact) mass is 298 g/mol. The molecule has 0 N–H and O–H groups in total. The second-order valence-electron chi connectivity index (χ2n) is 6.40. The molecule has 3 heteroatoms. The van der Waals surface area contributed by atoms with E-state index < -0.39 is 8.32 Å². The zero-order valence-corrected chi connectivity index (χ0v) is 15.3. The van der Waals surface area contributed by atoms with E-state index in [1.165, 1.54) is 6.26 Å². The van der Waals surface area contributed by atoms with E-state index >= 15 is 0 Å². The lowest BCUT2D eigenvalue weighted by Gasteiger charge is -2.42. The van der Waals surface area contributed by atoms with E-state index in [4.69, 9.17) is 9.16 Å². The lowest BCUT2D eigenvalue weighted by molar-refractivity contribution is 0.115. The zero-order valence-electron chi connectivity index (χ0n) is 14.3. The van der Waals surface area contributed by atoms with Crippen molar-refractivity contribution in [2.24, 2.45) is 0 Å². The van der Waals surface area contributed by atoms with Crippen molar-refractivity contribution in [3.05, 3.63) is 25.5 Å². The molecule has 0 amide bonds. The van der Waals surface area contributed by atoms with Gasteiger partial charge in [0.2, 0.25) is 0 Å². The summed E-state index contributed by atoms with van der Waals surface area (Å²) < 4.78 is 12.0. The first-order valence-electron chi connectivity index (χ1n) is 7.84. The van der Waals surface area contributed by atoms with Gasteiger partial charge in [-0.05, 0) is 16.6 Å². The van der Waals surface area contributed by atoms with Crippen molar-refractivity contribution in [3.63, 3.8) is 0 Å². The summed E-state index contributed by atoms with van der Waals surface area (Å²) in [6.45, 7) is 22.1. The van der Waals surface area contributed by atoms with Gasteiger partial charge in [-0.2, -0.15) is 0 Å². The van der Waals surface area contributed by atoms with Crippen molar-refractivity contribution in [2.75, 3.05) is 6.61 Å². The van der Waals surface area contributed by atoms with E-state index in [-0.39, 0.29) is 6.10 Å². The number of hydrogen-bond acceptors (Lipinski definition) is 2. The van der Waals surface area contributed by atoms with Crippen LogP contribution in [0, 0.1) is 0 Å². The fourth-order valence-electron chi connectivity index (χ4n) is 3.43. The molecule has 0 saturated carbocycles. The van der Waals surface area contributed by atoms with Crippen LogP contribution in [0.4, 0.5) is 0 Å². The van der Waals surface area contributed by atoms with Gasteiger partial charge in [0, 0.05) is 19.4 Å². The summed E-state index contributed by atoms with van der Waals surface area (Å²) in [7, 11) is -1.75. The molecule has 0 aromatic carbocycles. The van der Waals surface area contributed by atoms with E-state index in [9.17, 15) is 0 Å². The summed E-state index contributed by atoms with van der Waals surface area (Å²) in [5, 5.41) is 0. The van der Waals surface area contributed by atoms with Crippen molar-refractivity contribution in [2.45, 2.75) is 77.1 Å². The van der Waals surface area contributed by atoms with Gasteiger partial charge in [-0.15, -0.1) is 6.58 Å². The van der Waals surface area contributed by atoms with Gasteiger partial charge in [-0.3, -0.25) is 0 Å². The SMILES string of the molecule is C=CCC(CCO[Si](C(C)C)(C(C)C)C(C)C)OC=C. The predicted octanol–water partition coefficient (Wildman–Crippen LogP) is 5.67. The molecule has 1 unspecified atom stereocenters. The molecule has 0 fully saturated rings. The van der Waals surface area contributed by atoms with Crippen molar-refractivity contribution in [1.82, 2.24) is 0 Å². The van der Waals surface area contributed by atoms with Crippen molar-refractivity contribution < 1.29 is 9.16 Å². The highest BCUT2D eigenvalue weighted by molar-refractivity contribution is 6.77. The Morgan fingerprint density at radius 1 is 0.950 bits per heavy atom. The van der Waals surface area contributed by atoms with Crippen LogP contribution in [-0.4, -0.2) is 21.0 Å². The third kappa shape index (κ3) is 5.10. The minimum absolute atomic E-state index is 0.142. The Labute approximate surface area is 127 Å². The third-order valence-corrected chi connectivity index (χ3v) is 10.3. The molecule has 0 rings (SSSR count). The summed E-state index contributed by atoms with van der Waals surface area (Å²) in [5.74, 6) is 0. The van der Waals surface area contributed by atoms with Crippen molar-refractivity contribution in [3.8, 4) is 0 Å². The average Bonchev–Trinajstić information content (AvgIpc) is 2.33. The number of rotatable bonds is 11. The lowest BCUT2D eigenvalue weighted by atomic mass is 10.2. The third-order valence-electron chi connectivity index (χ3n) is 4.22. The Balaban J connectivity index is 4.68. The zero-order chi connectivity index (χ0) is 15.8. The van der Waals surface area contributed by atoms with Crippen LogP contribution in [0.3, 0.4) is 0 Å². The van der Waals surface area contributed by atoms with Gasteiger partial charge in [-0.1, -0.05) is 54.2 Å². The molecule has 20 heavy (non-hydrogen) atoms. The summed E-state index contributed by atoms with van der Waals surface area (Å²) in [4.78, 5) is 0. The van der Waals surface area contributed by atoms with Gasteiger partial charge in [0.15, 0.2) is 8.32 Å². The van der Waals surface area contributed by atoms with Gasteiger partial charge in [0.1, 0.15) is 6.10 Å². The van der Waals surface area contributed by atoms with Gasteiger partial charge in [0.25, 0.3) is 0 Å². The second-order valence-corrected chi connectivity index (χ2v) is 11.9. The quantitative estimate of drug-likeness (QED) is 0.278. The molecular weight excluding hydrogens is 264 g/mol. The van der Waals surface area contributed by atoms with Crippen LogP contribution in [-0.2, 0) is 9.16 Å². The second kappa shape index (κ2) is 9.40. The Hall–Kier alpha value is -0.543. The topological polar surface area (TPSA) is 18.5 Å². The van der Waals surface area contributed by atoms with Crippen LogP contribution < -0.4 is 0 Å². The summed E-state index contributed by atoms with van der Waals surface area (Å²) in [5.41, 5.74) is 1.88. The Bertz CT molecular complexity index is 253. The highest BCUT2D eigenvalue weighted by Crippen LogP contribution is 2.42. The molecule has 1 atom stereocenters. The highest BCUT2D eigenvalue weighted by atomic mass is 28.4. The van der Waals surface area contributed by atoms with E-state index in [0.29, 0.717) is 16.6 Å². The predicted molar refractivity (Wildman–Crippen MR) is 91.5 cm³/mol. The maximum Gasteiger partial charge on any atom is 0.200 e. The molecular formula is C17H34O2Si. The number of hydrogen-bond donors (Lipinski definition) is 0. The molecule has 0 radical (unpaired) electrons. The Morgan fingerprint density at radius 3 is 1.80 bits per heavy atom. The van der Waals surface area contributed by atoms with Crippen LogP contribution in [0.5, 0.6) is 0 Å². The van der Waals surface area contributed by atoms with Crippen LogP contribution in [0.25, 0.3) is 0 Å². The molecule has 0 aliphatic rings. The minimum Gasteiger partial charge on any atom is -0.498 e. The largest absolute Gasteiger partial charge is 0.498 e. The van der Waals surface area contributed by atoms with E-state index in [0.717, 1.165) is 19.4 Å². The first-order valence-corrected chi connectivity index (χ1v) is 9.98. The van der Waals surface area contributed by atoms with Crippen molar-refractivity contribution in [1.29, 1.82) is 0 Å². The molecule has 0 spiro atoms. The van der Waals surface area contributed by atoms with Crippen LogP contribution in [0.2, 0.25) is 16.6 Å². The van der Waals surface area contributed by atoms with Gasteiger partial charge in [0.05, 0.1) is 6.26 Å². The molecule has 0 aromatic heterocycles. The van der Waals surface area contributed by atoms with E-state index in [1.54, 1.807) is 0 Å². The fourth-order valence-corrected chi connectivity index (χ4v) is 8.90.